The van der Waals surface area contributed by atoms with Gasteiger partial charge in [0, 0.05) is 87.8 Å². The smallest absolute Gasteiger partial charge is 0.252 e. The summed E-state index contributed by atoms with van der Waals surface area (Å²) < 4.78 is 34.5. The molecule has 3 amide bonds. The Balaban J connectivity index is 1.33. The molecule has 4 heterocycles. The van der Waals surface area contributed by atoms with E-state index in [1.807, 2.05) is 36.2 Å². The fraction of sp³-hybridized carbons (Fsp3) is 0.750. The summed E-state index contributed by atoms with van der Waals surface area (Å²) in [5.41, 5.74) is 0.857. The molecule has 5 fully saturated rings. The van der Waals surface area contributed by atoms with Gasteiger partial charge in [0.05, 0.1) is 12.0 Å². The van der Waals surface area contributed by atoms with Crippen molar-refractivity contribution < 1.29 is 27.9 Å². The van der Waals surface area contributed by atoms with Gasteiger partial charge in [-0.1, -0.05) is 23.7 Å². The number of carbonyl (C=O) groups excluding carboxylic acids is 3. The Labute approximate surface area is 288 Å². The molecule has 0 bridgehead atoms. The number of piperazine rings is 1. The Hall–Kier alpha value is -2.34. The monoisotopic (exact) mass is 691 g/mol. The molecule has 4 saturated heterocycles. The fourth-order valence-electron chi connectivity index (χ4n) is 8.49. The molecule has 0 radical (unpaired) electrons. The third-order valence-electron chi connectivity index (χ3n) is 11.5. The van der Waals surface area contributed by atoms with Crippen molar-refractivity contribution in [3.05, 3.63) is 34.9 Å². The van der Waals surface area contributed by atoms with Gasteiger partial charge < -0.3 is 24.3 Å². The molecule has 0 N–H and O–H groups in total. The van der Waals surface area contributed by atoms with Crippen LogP contribution < -0.4 is 0 Å². The van der Waals surface area contributed by atoms with Crippen LogP contribution in [0.3, 0.4) is 0 Å². The quantitative estimate of drug-likeness (QED) is 0.438. The van der Waals surface area contributed by atoms with E-state index in [0.717, 1.165) is 25.1 Å². The molecule has 0 aromatic heterocycles. The van der Waals surface area contributed by atoms with Gasteiger partial charge in [-0.25, -0.2) is 8.78 Å². The van der Waals surface area contributed by atoms with Crippen molar-refractivity contribution in [3.63, 3.8) is 0 Å². The first kappa shape index (κ1) is 35.5. The minimum Gasteiger partial charge on any atom is -0.368 e. The third-order valence-corrected chi connectivity index (χ3v) is 11.7. The number of alkyl halides is 2. The van der Waals surface area contributed by atoms with Crippen LogP contribution in [0.4, 0.5) is 8.78 Å². The molecule has 5 aliphatic rings. The Kier molecular flexibility index (Phi) is 10.4. The lowest BCUT2D eigenvalue weighted by molar-refractivity contribution is -0.150. The lowest BCUT2D eigenvalue weighted by Gasteiger charge is -2.41. The van der Waals surface area contributed by atoms with Crippen molar-refractivity contribution in [1.29, 1.82) is 0 Å². The molecule has 1 aromatic carbocycles. The molecular formula is C36H52ClF2N5O4. The average Bonchev–Trinajstić information content (AvgIpc) is 3.82. The summed E-state index contributed by atoms with van der Waals surface area (Å²) in [4.78, 5) is 53.3. The number of ether oxygens (including phenoxy) is 1. The van der Waals surface area contributed by atoms with Crippen LogP contribution in [-0.4, -0.2) is 137 Å². The number of benzene rings is 1. The summed E-state index contributed by atoms with van der Waals surface area (Å²) in [5.74, 6) is -3.61. The standard InChI is InChI=1S/C36H52ClF2N5O4/c1-35(2,3)42-22-28(24-7-9-25(37)10-8-24)29(23-42)32(45)43-21-27(20-30(43)33(46)41-17-15-40(4)16-18-41)44(34(47)31-6-5-19-48-31)26-11-13-36(38,39)14-12-26/h7-10,26-31H,5-6,11-23H2,1-4H3/t27-,28-,29+,30-,31-/m0/s1. The van der Waals surface area contributed by atoms with Crippen molar-refractivity contribution in [1.82, 2.24) is 24.5 Å². The average molecular weight is 692 g/mol. The highest BCUT2D eigenvalue weighted by atomic mass is 35.5. The Morgan fingerprint density at radius 2 is 1.58 bits per heavy atom. The molecule has 12 heteroatoms. The van der Waals surface area contributed by atoms with E-state index in [9.17, 15) is 23.2 Å². The minimum atomic E-state index is -2.75. The maximum Gasteiger partial charge on any atom is 0.252 e. The second-order valence-electron chi connectivity index (χ2n) is 15.7. The predicted octanol–water partition coefficient (Wildman–Crippen LogP) is 4.48. The summed E-state index contributed by atoms with van der Waals surface area (Å²) in [6.07, 6.45) is 0.857. The van der Waals surface area contributed by atoms with Gasteiger partial charge in [-0.15, -0.1) is 0 Å². The first-order valence-electron chi connectivity index (χ1n) is 17.8. The second kappa shape index (κ2) is 14.1. The zero-order valence-corrected chi connectivity index (χ0v) is 29.6. The number of likely N-dealkylation sites (N-methyl/N-ethyl adjacent to an activating group) is 1. The number of hydrogen-bond donors (Lipinski definition) is 0. The van der Waals surface area contributed by atoms with Crippen molar-refractivity contribution in [3.8, 4) is 0 Å². The molecule has 0 unspecified atom stereocenters. The van der Waals surface area contributed by atoms with E-state index in [0.29, 0.717) is 50.7 Å². The molecule has 266 valence electrons. The Morgan fingerprint density at radius 3 is 2.19 bits per heavy atom. The number of amides is 3. The summed E-state index contributed by atoms with van der Waals surface area (Å²) >= 11 is 6.24. The van der Waals surface area contributed by atoms with Crippen molar-refractivity contribution >= 4 is 29.3 Å². The maximum absolute atomic E-state index is 14.9. The number of nitrogens with zero attached hydrogens (tertiary/aromatic N) is 5. The first-order chi connectivity index (χ1) is 22.7. The van der Waals surface area contributed by atoms with Gasteiger partial charge in [0.2, 0.25) is 17.7 Å². The third kappa shape index (κ3) is 7.54. The zero-order valence-electron chi connectivity index (χ0n) is 28.9. The van der Waals surface area contributed by atoms with Gasteiger partial charge in [0.15, 0.2) is 0 Å². The van der Waals surface area contributed by atoms with Crippen LogP contribution >= 0.6 is 11.6 Å². The van der Waals surface area contributed by atoms with Gasteiger partial charge in [-0.3, -0.25) is 19.3 Å². The van der Waals surface area contributed by atoms with E-state index >= 15 is 0 Å². The van der Waals surface area contributed by atoms with Crippen molar-refractivity contribution in [2.75, 3.05) is 59.5 Å². The van der Waals surface area contributed by atoms with E-state index in [4.69, 9.17) is 16.3 Å². The molecule has 9 nitrogen and oxygen atoms in total. The Morgan fingerprint density at radius 1 is 0.917 bits per heavy atom. The topological polar surface area (TPSA) is 76.6 Å². The molecule has 1 aromatic rings. The lowest BCUT2D eigenvalue weighted by Crippen LogP contribution is -2.54. The van der Waals surface area contributed by atoms with Crippen LogP contribution in [0.15, 0.2) is 24.3 Å². The van der Waals surface area contributed by atoms with Crippen LogP contribution in [0.2, 0.25) is 5.02 Å². The highest BCUT2D eigenvalue weighted by Crippen LogP contribution is 2.41. The summed E-state index contributed by atoms with van der Waals surface area (Å²) in [6.45, 7) is 11.0. The van der Waals surface area contributed by atoms with Gasteiger partial charge >= 0.3 is 0 Å². The van der Waals surface area contributed by atoms with E-state index in [2.05, 4.69) is 30.6 Å². The van der Waals surface area contributed by atoms with Crippen LogP contribution in [0.25, 0.3) is 0 Å². The van der Waals surface area contributed by atoms with E-state index in [1.54, 1.807) is 9.80 Å². The summed E-state index contributed by atoms with van der Waals surface area (Å²) in [7, 11) is 2.03. The first-order valence-corrected chi connectivity index (χ1v) is 18.2. The molecule has 1 aliphatic carbocycles. The van der Waals surface area contributed by atoms with Crippen LogP contribution in [0, 0.1) is 5.92 Å². The Bertz CT molecular complexity index is 1320. The number of hydrogen-bond acceptors (Lipinski definition) is 6. The van der Waals surface area contributed by atoms with E-state index < -0.39 is 30.0 Å². The number of carbonyl (C=O) groups is 3. The fourth-order valence-corrected chi connectivity index (χ4v) is 8.62. The predicted molar refractivity (Wildman–Crippen MR) is 180 cm³/mol. The molecule has 4 aliphatic heterocycles. The van der Waals surface area contributed by atoms with Crippen LogP contribution in [0.5, 0.6) is 0 Å². The van der Waals surface area contributed by atoms with Gasteiger partial charge in [0.1, 0.15) is 12.1 Å². The lowest BCUT2D eigenvalue weighted by atomic mass is 9.87. The van der Waals surface area contributed by atoms with Gasteiger partial charge in [-0.2, -0.15) is 0 Å². The van der Waals surface area contributed by atoms with Crippen molar-refractivity contribution in [2.24, 2.45) is 5.92 Å². The summed E-state index contributed by atoms with van der Waals surface area (Å²) in [6, 6.07) is 6.10. The minimum absolute atomic E-state index is 0.0867. The maximum atomic E-state index is 14.9. The molecule has 5 atom stereocenters. The second-order valence-corrected chi connectivity index (χ2v) is 16.1. The molecule has 1 saturated carbocycles. The number of likely N-dealkylation sites (tertiary alicyclic amines) is 2. The van der Waals surface area contributed by atoms with Crippen molar-refractivity contribution in [2.45, 2.75) is 107 Å². The normalized spacial score (nSPS) is 30.6. The molecular weight excluding hydrogens is 640 g/mol. The molecule has 48 heavy (non-hydrogen) atoms. The van der Waals surface area contributed by atoms with E-state index in [-0.39, 0.29) is 67.4 Å². The van der Waals surface area contributed by atoms with Gasteiger partial charge in [-0.05, 0) is 77.6 Å². The molecule has 6 rings (SSSR count). The number of rotatable bonds is 6. The highest BCUT2D eigenvalue weighted by Gasteiger charge is 2.52. The summed E-state index contributed by atoms with van der Waals surface area (Å²) in [5, 5.41) is 0.629. The zero-order chi connectivity index (χ0) is 34.4. The molecule has 0 spiro atoms. The largest absolute Gasteiger partial charge is 0.368 e. The SMILES string of the molecule is CN1CCN(C(=O)[C@@H]2C[C@H](N(C(=O)[C@@H]3CCCO3)C3CCC(F)(F)CC3)CN2C(=O)[C@@H]2CN(C(C)(C)C)C[C@H]2c2ccc(Cl)cc2)CC1. The van der Waals surface area contributed by atoms with Crippen LogP contribution in [-0.2, 0) is 19.1 Å². The van der Waals surface area contributed by atoms with Crippen LogP contribution in [0.1, 0.15) is 77.2 Å². The van der Waals surface area contributed by atoms with E-state index in [1.165, 1.54) is 0 Å². The van der Waals surface area contributed by atoms with Gasteiger partial charge in [0.25, 0.3) is 5.91 Å². The number of halogens is 3. The highest BCUT2D eigenvalue weighted by molar-refractivity contribution is 6.30.